The smallest absolute Gasteiger partial charge is 0.258 e. The molecule has 7 heteroatoms. The second-order valence-corrected chi connectivity index (χ2v) is 3.89. The van der Waals surface area contributed by atoms with Crippen molar-refractivity contribution in [1.82, 2.24) is 19.7 Å². The summed E-state index contributed by atoms with van der Waals surface area (Å²) in [6.45, 7) is 0. The highest BCUT2D eigenvalue weighted by Crippen LogP contribution is 2.28. The number of nitrogens with two attached hydrogens (primary N) is 1. The zero-order valence-electron chi connectivity index (χ0n) is 10.0. The fraction of sp³-hybridized carbons (Fsp3) is 0.182. The fourth-order valence-electron chi connectivity index (χ4n) is 2.03. The molecule has 0 aliphatic rings. The normalized spacial score (nSPS) is 11.1. The Balaban J connectivity index is 2.42. The predicted molar refractivity (Wildman–Crippen MR) is 68.2 cm³/mol. The number of hydrogen-bond donors (Lipinski definition) is 2. The van der Waals surface area contributed by atoms with Gasteiger partial charge < -0.3 is 9.30 Å². The van der Waals surface area contributed by atoms with Crippen molar-refractivity contribution in [3.63, 3.8) is 0 Å². The maximum absolute atomic E-state index is 5.29. The van der Waals surface area contributed by atoms with E-state index in [4.69, 9.17) is 10.6 Å². The number of benzene rings is 1. The third-order valence-electron chi connectivity index (χ3n) is 2.94. The monoisotopic (exact) mass is 244 g/mol. The summed E-state index contributed by atoms with van der Waals surface area (Å²) in [6, 6.07) is 5.79. The molecule has 0 amide bonds. The molecule has 2 heterocycles. The van der Waals surface area contributed by atoms with E-state index in [1.54, 1.807) is 7.11 Å². The molecule has 0 aliphatic carbocycles. The quantitative estimate of drug-likeness (QED) is 0.512. The number of nitrogen functional groups attached to an aromatic ring is 1. The van der Waals surface area contributed by atoms with Crippen LogP contribution in [0.25, 0.3) is 22.1 Å². The summed E-state index contributed by atoms with van der Waals surface area (Å²) in [5, 5.41) is 8.99. The molecule has 1 aromatic carbocycles. The molecular formula is C11H12N6O. The largest absolute Gasteiger partial charge is 0.497 e. The zero-order chi connectivity index (χ0) is 12.7. The molecule has 2 aromatic heterocycles. The molecule has 0 bridgehead atoms. The molecule has 0 atom stereocenters. The summed E-state index contributed by atoms with van der Waals surface area (Å²) in [4.78, 5) is 4.30. The van der Waals surface area contributed by atoms with Crippen molar-refractivity contribution in [3.8, 4) is 5.75 Å². The van der Waals surface area contributed by atoms with Gasteiger partial charge in [-0.25, -0.2) is 5.84 Å². The second kappa shape index (κ2) is 3.81. The first-order valence-corrected chi connectivity index (χ1v) is 5.38. The van der Waals surface area contributed by atoms with Crippen molar-refractivity contribution in [2.45, 2.75) is 0 Å². The molecule has 3 aromatic rings. The molecular weight excluding hydrogens is 232 g/mol. The van der Waals surface area contributed by atoms with E-state index >= 15 is 0 Å². The summed E-state index contributed by atoms with van der Waals surface area (Å²) in [7, 11) is 3.55. The average molecular weight is 244 g/mol. The van der Waals surface area contributed by atoms with Gasteiger partial charge in [0.05, 0.1) is 12.6 Å². The van der Waals surface area contributed by atoms with Crippen LogP contribution in [-0.2, 0) is 7.05 Å². The molecule has 3 rings (SSSR count). The van der Waals surface area contributed by atoms with Crippen molar-refractivity contribution in [2.24, 2.45) is 12.9 Å². The lowest BCUT2D eigenvalue weighted by Gasteiger charge is -1.99. The van der Waals surface area contributed by atoms with Crippen LogP contribution in [0.5, 0.6) is 5.75 Å². The van der Waals surface area contributed by atoms with Crippen LogP contribution in [0.3, 0.4) is 0 Å². The van der Waals surface area contributed by atoms with Gasteiger partial charge in [0.2, 0.25) is 0 Å². The van der Waals surface area contributed by atoms with Gasteiger partial charge in [-0.3, -0.25) is 5.43 Å². The van der Waals surface area contributed by atoms with Crippen molar-refractivity contribution in [2.75, 3.05) is 12.5 Å². The lowest BCUT2D eigenvalue weighted by atomic mass is 10.2. The number of ether oxygens (including phenoxy) is 1. The molecule has 92 valence electrons. The number of aromatic nitrogens is 4. The molecule has 0 saturated heterocycles. The number of fused-ring (bicyclic) bond motifs is 3. The first-order valence-electron chi connectivity index (χ1n) is 5.38. The van der Waals surface area contributed by atoms with E-state index in [9.17, 15) is 0 Å². The van der Waals surface area contributed by atoms with Crippen LogP contribution in [-0.4, -0.2) is 26.9 Å². The predicted octanol–water partition coefficient (Wildman–Crippen LogP) is 0.811. The maximum atomic E-state index is 5.29. The Morgan fingerprint density at radius 2 is 2.17 bits per heavy atom. The topological polar surface area (TPSA) is 90.9 Å². The van der Waals surface area contributed by atoms with Gasteiger partial charge in [-0.15, -0.1) is 10.2 Å². The SMILES string of the molecule is COc1ccc2c(c1)c1nnc(NN)nc1n2C. The van der Waals surface area contributed by atoms with E-state index in [1.165, 1.54) is 0 Å². The number of hydrogen-bond acceptors (Lipinski definition) is 6. The van der Waals surface area contributed by atoms with E-state index < -0.39 is 0 Å². The Bertz CT molecular complexity index is 735. The molecule has 0 saturated carbocycles. The first-order chi connectivity index (χ1) is 8.74. The molecule has 7 nitrogen and oxygen atoms in total. The lowest BCUT2D eigenvalue weighted by Crippen LogP contribution is -2.11. The van der Waals surface area contributed by atoms with Crippen LogP contribution in [0.15, 0.2) is 18.2 Å². The summed E-state index contributed by atoms with van der Waals surface area (Å²) >= 11 is 0. The molecule has 3 N–H and O–H groups in total. The number of anilines is 1. The molecule has 0 fully saturated rings. The number of hydrazine groups is 1. The maximum Gasteiger partial charge on any atom is 0.258 e. The summed E-state index contributed by atoms with van der Waals surface area (Å²) in [5.41, 5.74) is 4.86. The van der Waals surface area contributed by atoms with E-state index in [0.29, 0.717) is 5.95 Å². The second-order valence-electron chi connectivity index (χ2n) is 3.89. The highest BCUT2D eigenvalue weighted by Gasteiger charge is 2.12. The summed E-state index contributed by atoms with van der Waals surface area (Å²) in [5.74, 6) is 6.35. The van der Waals surface area contributed by atoms with E-state index in [2.05, 4.69) is 20.6 Å². The summed E-state index contributed by atoms with van der Waals surface area (Å²) in [6.07, 6.45) is 0. The fourth-order valence-corrected chi connectivity index (χ4v) is 2.03. The Morgan fingerprint density at radius 3 is 2.89 bits per heavy atom. The van der Waals surface area contributed by atoms with Crippen LogP contribution >= 0.6 is 0 Å². The van der Waals surface area contributed by atoms with Crippen molar-refractivity contribution in [3.05, 3.63) is 18.2 Å². The molecule has 0 unspecified atom stereocenters. The number of nitrogens with one attached hydrogen (secondary N) is 1. The van der Waals surface area contributed by atoms with E-state index in [-0.39, 0.29) is 0 Å². The molecule has 0 radical (unpaired) electrons. The van der Waals surface area contributed by atoms with E-state index in [1.807, 2.05) is 29.8 Å². The minimum Gasteiger partial charge on any atom is -0.497 e. The Kier molecular flexibility index (Phi) is 2.27. The Labute approximate surface area is 103 Å². The van der Waals surface area contributed by atoms with Gasteiger partial charge in [-0.05, 0) is 18.2 Å². The zero-order valence-corrected chi connectivity index (χ0v) is 10.0. The van der Waals surface area contributed by atoms with Crippen LogP contribution in [0.2, 0.25) is 0 Å². The first kappa shape index (κ1) is 10.7. The van der Waals surface area contributed by atoms with Crippen molar-refractivity contribution in [1.29, 1.82) is 0 Å². The van der Waals surface area contributed by atoms with Gasteiger partial charge in [0.25, 0.3) is 5.95 Å². The number of aryl methyl sites for hydroxylation is 1. The van der Waals surface area contributed by atoms with Crippen LogP contribution in [0.4, 0.5) is 5.95 Å². The number of nitrogens with zero attached hydrogens (tertiary/aromatic N) is 4. The van der Waals surface area contributed by atoms with Gasteiger partial charge >= 0.3 is 0 Å². The van der Waals surface area contributed by atoms with Gasteiger partial charge in [-0.2, -0.15) is 4.98 Å². The minimum absolute atomic E-state index is 0.292. The van der Waals surface area contributed by atoms with E-state index in [0.717, 1.165) is 27.8 Å². The Hall–Kier alpha value is -2.41. The highest BCUT2D eigenvalue weighted by molar-refractivity contribution is 6.04. The van der Waals surface area contributed by atoms with Gasteiger partial charge in [0, 0.05) is 12.4 Å². The van der Waals surface area contributed by atoms with Gasteiger partial charge in [0.1, 0.15) is 11.3 Å². The highest BCUT2D eigenvalue weighted by atomic mass is 16.5. The third kappa shape index (κ3) is 1.37. The van der Waals surface area contributed by atoms with Crippen LogP contribution in [0, 0.1) is 0 Å². The van der Waals surface area contributed by atoms with Gasteiger partial charge in [-0.1, -0.05) is 0 Å². The van der Waals surface area contributed by atoms with Crippen LogP contribution in [0.1, 0.15) is 0 Å². The molecule has 18 heavy (non-hydrogen) atoms. The lowest BCUT2D eigenvalue weighted by molar-refractivity contribution is 0.415. The average Bonchev–Trinajstić information content (AvgIpc) is 2.71. The molecule has 0 spiro atoms. The molecule has 0 aliphatic heterocycles. The van der Waals surface area contributed by atoms with Crippen molar-refractivity contribution < 1.29 is 4.74 Å². The third-order valence-corrected chi connectivity index (χ3v) is 2.94. The number of rotatable bonds is 2. The van der Waals surface area contributed by atoms with Crippen molar-refractivity contribution >= 4 is 28.0 Å². The standard InChI is InChI=1S/C11H12N6O/c1-17-8-4-3-6(18-2)5-7(8)9-10(17)13-11(14-12)16-15-9/h3-5H,12H2,1-2H3,(H,13,14,16). The minimum atomic E-state index is 0.292. The van der Waals surface area contributed by atoms with Gasteiger partial charge in [0.15, 0.2) is 5.65 Å². The number of methoxy groups -OCH3 is 1. The Morgan fingerprint density at radius 1 is 1.33 bits per heavy atom. The van der Waals surface area contributed by atoms with Crippen LogP contribution < -0.4 is 16.0 Å². The summed E-state index contributed by atoms with van der Waals surface area (Å²) < 4.78 is 7.16.